The monoisotopic (exact) mass is 297 g/mol. The lowest BCUT2D eigenvalue weighted by atomic mass is 10.1. The highest BCUT2D eigenvalue weighted by Crippen LogP contribution is 2.11. The minimum absolute atomic E-state index is 0.175. The van der Waals surface area contributed by atoms with Crippen LogP contribution in [-0.2, 0) is 22.6 Å². The molecule has 0 saturated heterocycles. The van der Waals surface area contributed by atoms with Crippen molar-refractivity contribution in [3.63, 3.8) is 0 Å². The number of hydrogen-bond donors (Lipinski definition) is 0. The smallest absolute Gasteiger partial charge is 0.320 e. The Kier molecular flexibility index (Phi) is 6.16. The molecular formula is C19H23NO2. The maximum Gasteiger partial charge on any atom is 0.320 e. The Labute approximate surface area is 132 Å². The summed E-state index contributed by atoms with van der Waals surface area (Å²) in [6.45, 7) is 6.10. The molecule has 0 aliphatic rings. The van der Waals surface area contributed by atoms with E-state index in [0.29, 0.717) is 13.2 Å². The molecule has 0 heterocycles. The van der Waals surface area contributed by atoms with Crippen molar-refractivity contribution in [1.29, 1.82) is 0 Å². The fourth-order valence-electron chi connectivity index (χ4n) is 2.47. The second-order valence-corrected chi connectivity index (χ2v) is 5.42. The van der Waals surface area contributed by atoms with Crippen molar-refractivity contribution < 1.29 is 9.53 Å². The van der Waals surface area contributed by atoms with Gasteiger partial charge in [-0.25, -0.2) is 0 Å². The van der Waals surface area contributed by atoms with Gasteiger partial charge in [0.2, 0.25) is 0 Å². The van der Waals surface area contributed by atoms with Crippen LogP contribution < -0.4 is 0 Å². The van der Waals surface area contributed by atoms with Gasteiger partial charge in [-0.15, -0.1) is 0 Å². The van der Waals surface area contributed by atoms with E-state index >= 15 is 0 Å². The van der Waals surface area contributed by atoms with E-state index in [9.17, 15) is 4.79 Å². The molecule has 2 aromatic carbocycles. The highest BCUT2D eigenvalue weighted by atomic mass is 16.5. The van der Waals surface area contributed by atoms with Gasteiger partial charge < -0.3 is 4.74 Å². The fourth-order valence-corrected chi connectivity index (χ4v) is 2.47. The molecule has 0 spiro atoms. The summed E-state index contributed by atoms with van der Waals surface area (Å²) in [5.41, 5.74) is 3.63. The van der Waals surface area contributed by atoms with Gasteiger partial charge in [0.25, 0.3) is 0 Å². The van der Waals surface area contributed by atoms with Crippen LogP contribution in [-0.4, -0.2) is 24.0 Å². The zero-order valence-electron chi connectivity index (χ0n) is 13.3. The molecule has 2 rings (SSSR count). The number of benzene rings is 2. The largest absolute Gasteiger partial charge is 0.465 e. The molecule has 0 aromatic heterocycles. The summed E-state index contributed by atoms with van der Waals surface area (Å²) < 4.78 is 5.09. The lowest BCUT2D eigenvalue weighted by molar-refractivity contribution is -0.144. The minimum atomic E-state index is -0.175. The summed E-state index contributed by atoms with van der Waals surface area (Å²) in [7, 11) is 0. The maximum absolute atomic E-state index is 11.8. The zero-order chi connectivity index (χ0) is 15.8. The minimum Gasteiger partial charge on any atom is -0.465 e. The summed E-state index contributed by atoms with van der Waals surface area (Å²) in [6, 6.07) is 18.6. The molecule has 0 saturated carbocycles. The predicted octanol–water partition coefficient (Wildman–Crippen LogP) is 3.56. The van der Waals surface area contributed by atoms with Crippen molar-refractivity contribution >= 4 is 5.97 Å². The zero-order valence-corrected chi connectivity index (χ0v) is 13.3. The first-order valence-corrected chi connectivity index (χ1v) is 7.65. The molecule has 2 aromatic rings. The topological polar surface area (TPSA) is 29.5 Å². The number of carbonyl (C=O) groups is 1. The molecule has 0 aliphatic carbocycles. The standard InChI is InChI=1S/C19H23NO2/c1-3-22-19(21)15-20(13-17-9-5-4-6-10-17)14-18-11-7-8-16(2)12-18/h4-12H,3,13-15H2,1-2H3. The van der Waals surface area contributed by atoms with Gasteiger partial charge in [-0.1, -0.05) is 60.2 Å². The number of hydrogen-bond acceptors (Lipinski definition) is 3. The van der Waals surface area contributed by atoms with Gasteiger partial charge in [-0.05, 0) is 25.0 Å². The first-order chi connectivity index (χ1) is 10.7. The first-order valence-electron chi connectivity index (χ1n) is 7.65. The Morgan fingerprint density at radius 1 is 1.00 bits per heavy atom. The Morgan fingerprint density at radius 3 is 2.36 bits per heavy atom. The van der Waals surface area contributed by atoms with Crippen LogP contribution in [0.4, 0.5) is 0 Å². The van der Waals surface area contributed by atoms with Crippen LogP contribution in [0.25, 0.3) is 0 Å². The van der Waals surface area contributed by atoms with Crippen LogP contribution in [0.3, 0.4) is 0 Å². The molecular weight excluding hydrogens is 274 g/mol. The third-order valence-electron chi connectivity index (χ3n) is 3.40. The molecule has 0 aliphatic heterocycles. The lowest BCUT2D eigenvalue weighted by Crippen LogP contribution is -2.30. The van der Waals surface area contributed by atoms with Gasteiger partial charge in [0.15, 0.2) is 0 Å². The van der Waals surface area contributed by atoms with Crippen molar-refractivity contribution in [2.45, 2.75) is 26.9 Å². The van der Waals surface area contributed by atoms with E-state index in [1.807, 2.05) is 25.1 Å². The number of aryl methyl sites for hydroxylation is 1. The van der Waals surface area contributed by atoms with Gasteiger partial charge in [0, 0.05) is 13.1 Å². The van der Waals surface area contributed by atoms with E-state index in [1.165, 1.54) is 16.7 Å². The average molecular weight is 297 g/mol. The molecule has 0 N–H and O–H groups in total. The third-order valence-corrected chi connectivity index (χ3v) is 3.40. The highest BCUT2D eigenvalue weighted by molar-refractivity contribution is 5.71. The molecule has 0 amide bonds. The Morgan fingerprint density at radius 2 is 1.68 bits per heavy atom. The van der Waals surface area contributed by atoms with Crippen molar-refractivity contribution in [3.05, 3.63) is 71.3 Å². The van der Waals surface area contributed by atoms with Crippen molar-refractivity contribution in [1.82, 2.24) is 4.90 Å². The van der Waals surface area contributed by atoms with E-state index in [2.05, 4.69) is 48.2 Å². The van der Waals surface area contributed by atoms with Gasteiger partial charge in [-0.3, -0.25) is 9.69 Å². The number of carbonyl (C=O) groups excluding carboxylic acids is 1. The summed E-state index contributed by atoms with van der Waals surface area (Å²) in [6.07, 6.45) is 0. The van der Waals surface area contributed by atoms with Crippen LogP contribution >= 0.6 is 0 Å². The van der Waals surface area contributed by atoms with Crippen LogP contribution in [0.5, 0.6) is 0 Å². The molecule has 3 nitrogen and oxygen atoms in total. The van der Waals surface area contributed by atoms with Gasteiger partial charge >= 0.3 is 5.97 Å². The molecule has 0 radical (unpaired) electrons. The normalized spacial score (nSPS) is 10.7. The molecule has 0 bridgehead atoms. The third kappa shape index (κ3) is 5.34. The predicted molar refractivity (Wildman–Crippen MR) is 88.4 cm³/mol. The average Bonchev–Trinajstić information content (AvgIpc) is 2.48. The molecule has 116 valence electrons. The van der Waals surface area contributed by atoms with Crippen LogP contribution in [0, 0.1) is 6.92 Å². The molecule has 0 fully saturated rings. The van der Waals surface area contributed by atoms with Crippen LogP contribution in [0.15, 0.2) is 54.6 Å². The highest BCUT2D eigenvalue weighted by Gasteiger charge is 2.13. The van der Waals surface area contributed by atoms with E-state index in [-0.39, 0.29) is 5.97 Å². The first kappa shape index (κ1) is 16.2. The second-order valence-electron chi connectivity index (χ2n) is 5.42. The Hall–Kier alpha value is -2.13. The molecule has 22 heavy (non-hydrogen) atoms. The van der Waals surface area contributed by atoms with Gasteiger partial charge in [0.05, 0.1) is 13.2 Å². The SMILES string of the molecule is CCOC(=O)CN(Cc1ccccc1)Cc1cccc(C)c1. The number of nitrogens with zero attached hydrogens (tertiary/aromatic N) is 1. The molecule has 0 unspecified atom stereocenters. The Balaban J connectivity index is 2.08. The molecule has 0 atom stereocenters. The summed E-state index contributed by atoms with van der Waals surface area (Å²) >= 11 is 0. The summed E-state index contributed by atoms with van der Waals surface area (Å²) in [5.74, 6) is -0.175. The maximum atomic E-state index is 11.8. The van der Waals surface area contributed by atoms with Crippen molar-refractivity contribution in [2.24, 2.45) is 0 Å². The van der Waals surface area contributed by atoms with Gasteiger partial charge in [-0.2, -0.15) is 0 Å². The van der Waals surface area contributed by atoms with Gasteiger partial charge in [0.1, 0.15) is 0 Å². The van der Waals surface area contributed by atoms with E-state index in [1.54, 1.807) is 0 Å². The summed E-state index contributed by atoms with van der Waals surface area (Å²) in [5, 5.41) is 0. The van der Waals surface area contributed by atoms with Crippen LogP contribution in [0.1, 0.15) is 23.6 Å². The second kappa shape index (κ2) is 8.35. The quantitative estimate of drug-likeness (QED) is 0.732. The van der Waals surface area contributed by atoms with Crippen molar-refractivity contribution in [2.75, 3.05) is 13.2 Å². The Bertz CT molecular complexity index is 595. The summed E-state index contributed by atoms with van der Waals surface area (Å²) in [4.78, 5) is 14.0. The van der Waals surface area contributed by atoms with E-state index in [4.69, 9.17) is 4.74 Å². The lowest BCUT2D eigenvalue weighted by Gasteiger charge is -2.21. The molecule has 3 heteroatoms. The number of ether oxygens (including phenoxy) is 1. The number of esters is 1. The van der Waals surface area contributed by atoms with Crippen LogP contribution in [0.2, 0.25) is 0 Å². The fraction of sp³-hybridized carbons (Fsp3) is 0.316. The van der Waals surface area contributed by atoms with E-state index < -0.39 is 0 Å². The number of rotatable bonds is 7. The van der Waals surface area contributed by atoms with E-state index in [0.717, 1.165) is 13.1 Å². The van der Waals surface area contributed by atoms with Crippen molar-refractivity contribution in [3.8, 4) is 0 Å².